The highest BCUT2D eigenvalue weighted by Gasteiger charge is 2.26. The first-order valence-electron chi connectivity index (χ1n) is 4.06. The van der Waals surface area contributed by atoms with Gasteiger partial charge in [0.2, 0.25) is 0 Å². The van der Waals surface area contributed by atoms with Gasteiger partial charge in [0.1, 0.15) is 0 Å². The highest BCUT2D eigenvalue weighted by Crippen LogP contribution is 2.29. The molecule has 0 heterocycles. The van der Waals surface area contributed by atoms with Crippen molar-refractivity contribution in [3.63, 3.8) is 0 Å². The van der Waals surface area contributed by atoms with Gasteiger partial charge < -0.3 is 10.5 Å². The van der Waals surface area contributed by atoms with E-state index in [1.54, 1.807) is 0 Å². The molecule has 11 heavy (non-hydrogen) atoms. The van der Waals surface area contributed by atoms with Gasteiger partial charge in [-0.2, -0.15) is 0 Å². The molecule has 1 aliphatic rings. The summed E-state index contributed by atoms with van der Waals surface area (Å²) in [5, 5.41) is 0. The van der Waals surface area contributed by atoms with Crippen molar-refractivity contribution in [1.29, 1.82) is 0 Å². The molecule has 0 amide bonds. The standard InChI is InChI=1S/C8H15NO2/c1-11-8(10)5-7(9)6-3-2-4-6/h6-7H,2-5,9H2,1H3/t7-/m1/s1. The molecule has 0 aromatic rings. The van der Waals surface area contributed by atoms with Gasteiger partial charge in [-0.3, -0.25) is 4.79 Å². The number of methoxy groups -OCH3 is 1. The van der Waals surface area contributed by atoms with Crippen LogP contribution < -0.4 is 5.73 Å². The number of carbonyl (C=O) groups is 1. The van der Waals surface area contributed by atoms with Crippen molar-refractivity contribution in [3.05, 3.63) is 0 Å². The van der Waals surface area contributed by atoms with Crippen molar-refractivity contribution in [1.82, 2.24) is 0 Å². The molecule has 0 unspecified atom stereocenters. The molecule has 0 aromatic heterocycles. The van der Waals surface area contributed by atoms with Gasteiger partial charge in [0.05, 0.1) is 13.5 Å². The van der Waals surface area contributed by atoms with Gasteiger partial charge in [-0.1, -0.05) is 6.42 Å². The second kappa shape index (κ2) is 3.72. The van der Waals surface area contributed by atoms with Crippen molar-refractivity contribution in [2.24, 2.45) is 11.7 Å². The number of ether oxygens (including phenoxy) is 1. The second-order valence-electron chi connectivity index (χ2n) is 3.14. The summed E-state index contributed by atoms with van der Waals surface area (Å²) in [5.41, 5.74) is 5.75. The third-order valence-corrected chi connectivity index (χ3v) is 2.39. The molecule has 3 nitrogen and oxygen atoms in total. The lowest BCUT2D eigenvalue weighted by Gasteiger charge is -2.30. The minimum atomic E-state index is -0.190. The minimum absolute atomic E-state index is 0.0243. The largest absolute Gasteiger partial charge is 0.469 e. The van der Waals surface area contributed by atoms with E-state index in [0.29, 0.717) is 12.3 Å². The van der Waals surface area contributed by atoms with Crippen LogP contribution in [0.4, 0.5) is 0 Å². The molecule has 0 bridgehead atoms. The lowest BCUT2D eigenvalue weighted by atomic mass is 9.79. The molecule has 0 saturated heterocycles. The normalized spacial score (nSPS) is 20.5. The van der Waals surface area contributed by atoms with Crippen LogP contribution >= 0.6 is 0 Å². The molecule has 1 saturated carbocycles. The summed E-state index contributed by atoms with van der Waals surface area (Å²) in [5.74, 6) is 0.374. The van der Waals surface area contributed by atoms with Crippen LogP contribution in [0.3, 0.4) is 0 Å². The van der Waals surface area contributed by atoms with Crippen LogP contribution in [0.5, 0.6) is 0 Å². The van der Waals surface area contributed by atoms with Gasteiger partial charge >= 0.3 is 5.97 Å². The van der Waals surface area contributed by atoms with Gasteiger partial charge in [0.25, 0.3) is 0 Å². The highest BCUT2D eigenvalue weighted by molar-refractivity contribution is 5.69. The smallest absolute Gasteiger partial charge is 0.307 e. The average Bonchev–Trinajstić information content (AvgIpc) is 1.83. The van der Waals surface area contributed by atoms with Gasteiger partial charge in [0.15, 0.2) is 0 Å². The first kappa shape index (κ1) is 8.53. The van der Waals surface area contributed by atoms with Crippen LogP contribution in [0, 0.1) is 5.92 Å². The third-order valence-electron chi connectivity index (χ3n) is 2.39. The van der Waals surface area contributed by atoms with E-state index in [9.17, 15) is 4.79 Å². The number of carbonyl (C=O) groups excluding carboxylic acids is 1. The zero-order valence-electron chi connectivity index (χ0n) is 6.88. The number of nitrogens with two attached hydrogens (primary N) is 1. The lowest BCUT2D eigenvalue weighted by Crippen LogP contribution is -2.36. The van der Waals surface area contributed by atoms with Crippen molar-refractivity contribution in [2.75, 3.05) is 7.11 Å². The zero-order valence-corrected chi connectivity index (χ0v) is 6.88. The molecule has 1 atom stereocenters. The van der Waals surface area contributed by atoms with Gasteiger partial charge in [-0.15, -0.1) is 0 Å². The number of rotatable bonds is 3. The molecule has 3 heteroatoms. The number of hydrogen-bond donors (Lipinski definition) is 1. The minimum Gasteiger partial charge on any atom is -0.469 e. The van der Waals surface area contributed by atoms with Crippen molar-refractivity contribution in [2.45, 2.75) is 31.7 Å². The predicted octanol–water partition coefficient (Wildman–Crippen LogP) is 0.677. The Morgan fingerprint density at radius 2 is 2.36 bits per heavy atom. The van der Waals surface area contributed by atoms with Crippen LogP contribution in [0.15, 0.2) is 0 Å². The van der Waals surface area contributed by atoms with E-state index in [0.717, 1.165) is 0 Å². The molecule has 0 radical (unpaired) electrons. The monoisotopic (exact) mass is 157 g/mol. The summed E-state index contributed by atoms with van der Waals surface area (Å²) < 4.78 is 4.52. The SMILES string of the molecule is COC(=O)C[C@@H](N)C1CCC1. The molecule has 0 aliphatic heterocycles. The molecule has 1 fully saturated rings. The Kier molecular flexibility index (Phi) is 2.88. The zero-order chi connectivity index (χ0) is 8.27. The third kappa shape index (κ3) is 2.19. The first-order valence-corrected chi connectivity index (χ1v) is 4.06. The highest BCUT2D eigenvalue weighted by atomic mass is 16.5. The quantitative estimate of drug-likeness (QED) is 0.613. The maximum Gasteiger partial charge on any atom is 0.307 e. The van der Waals surface area contributed by atoms with Crippen LogP contribution in [-0.2, 0) is 9.53 Å². The van der Waals surface area contributed by atoms with Crippen molar-refractivity contribution >= 4 is 5.97 Å². The van der Waals surface area contributed by atoms with Crippen molar-refractivity contribution < 1.29 is 9.53 Å². The van der Waals surface area contributed by atoms with Crippen molar-refractivity contribution in [3.8, 4) is 0 Å². The summed E-state index contributed by atoms with van der Waals surface area (Å²) in [4.78, 5) is 10.8. The fourth-order valence-electron chi connectivity index (χ4n) is 1.31. The summed E-state index contributed by atoms with van der Waals surface area (Å²) in [6, 6.07) is 0.0243. The molecule has 0 spiro atoms. The fourth-order valence-corrected chi connectivity index (χ4v) is 1.31. The Bertz CT molecular complexity index is 143. The summed E-state index contributed by atoms with van der Waals surface area (Å²) >= 11 is 0. The molecule has 0 aromatic carbocycles. The molecule has 1 aliphatic carbocycles. The van der Waals surface area contributed by atoms with E-state index >= 15 is 0 Å². The van der Waals surface area contributed by atoms with Gasteiger partial charge in [0, 0.05) is 6.04 Å². The van der Waals surface area contributed by atoms with Crippen LogP contribution in [0.1, 0.15) is 25.7 Å². The van der Waals surface area contributed by atoms with E-state index < -0.39 is 0 Å². The summed E-state index contributed by atoms with van der Waals surface area (Å²) in [6.07, 6.45) is 4.00. The summed E-state index contributed by atoms with van der Waals surface area (Å²) in [7, 11) is 1.40. The van der Waals surface area contributed by atoms with E-state index in [4.69, 9.17) is 5.73 Å². The molecular weight excluding hydrogens is 142 g/mol. The summed E-state index contributed by atoms with van der Waals surface area (Å²) in [6.45, 7) is 0. The number of hydrogen-bond acceptors (Lipinski definition) is 3. The lowest BCUT2D eigenvalue weighted by molar-refractivity contribution is -0.141. The maximum absolute atomic E-state index is 10.8. The van der Waals surface area contributed by atoms with E-state index in [1.807, 2.05) is 0 Å². The second-order valence-corrected chi connectivity index (χ2v) is 3.14. The maximum atomic E-state index is 10.8. The van der Waals surface area contributed by atoms with E-state index in [2.05, 4.69) is 4.74 Å². The van der Waals surface area contributed by atoms with E-state index in [1.165, 1.54) is 26.4 Å². The Morgan fingerprint density at radius 3 is 2.73 bits per heavy atom. The van der Waals surface area contributed by atoms with Gasteiger partial charge in [-0.05, 0) is 18.8 Å². The molecule has 1 rings (SSSR count). The average molecular weight is 157 g/mol. The Labute approximate surface area is 66.9 Å². The predicted molar refractivity (Wildman–Crippen MR) is 41.9 cm³/mol. The van der Waals surface area contributed by atoms with Crippen LogP contribution in [-0.4, -0.2) is 19.1 Å². The van der Waals surface area contributed by atoms with Crippen LogP contribution in [0.25, 0.3) is 0 Å². The Balaban J connectivity index is 2.19. The molecular formula is C8H15NO2. The Morgan fingerprint density at radius 1 is 1.73 bits per heavy atom. The topological polar surface area (TPSA) is 52.3 Å². The molecule has 64 valence electrons. The number of esters is 1. The fraction of sp³-hybridized carbons (Fsp3) is 0.875. The van der Waals surface area contributed by atoms with Gasteiger partial charge in [-0.25, -0.2) is 0 Å². The van der Waals surface area contributed by atoms with Crippen LogP contribution in [0.2, 0.25) is 0 Å². The van der Waals surface area contributed by atoms with E-state index in [-0.39, 0.29) is 12.0 Å². The first-order chi connectivity index (χ1) is 5.24. The molecule has 2 N–H and O–H groups in total. The Hall–Kier alpha value is -0.570.